The molecule has 1 N–H and O–H groups in total. The number of nitrogens with zero attached hydrogens (tertiary/aromatic N) is 2. The molecule has 0 saturated heterocycles. The standard InChI is InChI=1S/C25H29Cl2N3O4S/c1-30-25(35-24(29-30)20-18(31-2)12-10-15(26)22(20)33-4)14-8-6-7-9-17(14)28-21-19(32-3)13-11-16(27)23(21)34-5/h10-13,17,28H,6-9H2,1-5H3/b25-14+. The maximum atomic E-state index is 6.43. The van der Waals surface area contributed by atoms with Crippen LogP contribution in [0.15, 0.2) is 40.0 Å². The van der Waals surface area contributed by atoms with Gasteiger partial charge in [0.2, 0.25) is 0 Å². The van der Waals surface area contributed by atoms with Crippen molar-refractivity contribution in [2.24, 2.45) is 5.10 Å². The van der Waals surface area contributed by atoms with Gasteiger partial charge in [0, 0.05) is 7.05 Å². The Hall–Kier alpha value is -2.42. The summed E-state index contributed by atoms with van der Waals surface area (Å²) in [5, 5.41) is 13.3. The zero-order valence-corrected chi connectivity index (χ0v) is 22.7. The van der Waals surface area contributed by atoms with Gasteiger partial charge in [-0.3, -0.25) is 5.01 Å². The van der Waals surface area contributed by atoms with Crippen LogP contribution in [0, 0.1) is 0 Å². The molecule has 1 heterocycles. The number of rotatable bonds is 7. The Labute approximate surface area is 220 Å². The Morgan fingerprint density at radius 2 is 1.57 bits per heavy atom. The van der Waals surface area contributed by atoms with Gasteiger partial charge in [-0.15, -0.1) is 0 Å². The van der Waals surface area contributed by atoms with Crippen molar-refractivity contribution in [2.45, 2.75) is 31.7 Å². The first kappa shape index (κ1) is 25.7. The highest BCUT2D eigenvalue weighted by Gasteiger charge is 2.33. The highest BCUT2D eigenvalue weighted by atomic mass is 35.5. The highest BCUT2D eigenvalue weighted by molar-refractivity contribution is 8.17. The Kier molecular flexibility index (Phi) is 8.14. The van der Waals surface area contributed by atoms with E-state index in [9.17, 15) is 0 Å². The van der Waals surface area contributed by atoms with Crippen molar-refractivity contribution in [2.75, 3.05) is 40.8 Å². The van der Waals surface area contributed by atoms with Crippen molar-refractivity contribution in [1.29, 1.82) is 0 Å². The largest absolute Gasteiger partial charge is 0.496 e. The molecule has 2 aromatic carbocycles. The first-order valence-corrected chi connectivity index (χ1v) is 12.8. The Balaban J connectivity index is 1.72. The van der Waals surface area contributed by atoms with Crippen molar-refractivity contribution in [3.8, 4) is 23.0 Å². The average molecular weight is 538 g/mol. The quantitative estimate of drug-likeness (QED) is 0.424. The summed E-state index contributed by atoms with van der Waals surface area (Å²) in [6.07, 6.45) is 4.12. The van der Waals surface area contributed by atoms with Crippen LogP contribution in [0.4, 0.5) is 5.69 Å². The fraction of sp³-hybridized carbons (Fsp3) is 0.400. The van der Waals surface area contributed by atoms with Crippen LogP contribution in [-0.4, -0.2) is 51.6 Å². The molecule has 1 atom stereocenters. The normalized spacial score (nSPS) is 19.9. The minimum absolute atomic E-state index is 0.0627. The zero-order valence-electron chi connectivity index (χ0n) is 20.4. The van der Waals surface area contributed by atoms with E-state index in [2.05, 4.69) is 5.32 Å². The van der Waals surface area contributed by atoms with E-state index in [1.807, 2.05) is 24.2 Å². The second kappa shape index (κ2) is 11.1. The summed E-state index contributed by atoms with van der Waals surface area (Å²) >= 11 is 14.4. The van der Waals surface area contributed by atoms with E-state index in [4.69, 9.17) is 47.3 Å². The fourth-order valence-corrected chi connectivity index (χ4v) is 6.15. The molecule has 2 aliphatic rings. The van der Waals surface area contributed by atoms with Gasteiger partial charge in [-0.1, -0.05) is 29.6 Å². The van der Waals surface area contributed by atoms with Gasteiger partial charge >= 0.3 is 0 Å². The summed E-state index contributed by atoms with van der Waals surface area (Å²) in [4.78, 5) is 0. The van der Waals surface area contributed by atoms with Gasteiger partial charge in [-0.05, 0) is 60.9 Å². The van der Waals surface area contributed by atoms with Crippen molar-refractivity contribution in [3.05, 3.63) is 50.5 Å². The van der Waals surface area contributed by atoms with Gasteiger partial charge in [-0.25, -0.2) is 0 Å². The number of benzene rings is 2. The van der Waals surface area contributed by atoms with Crippen LogP contribution in [0.5, 0.6) is 23.0 Å². The molecule has 10 heteroatoms. The first-order valence-electron chi connectivity index (χ1n) is 11.2. The van der Waals surface area contributed by atoms with E-state index in [1.165, 1.54) is 5.57 Å². The van der Waals surface area contributed by atoms with Gasteiger partial charge < -0.3 is 24.3 Å². The molecule has 4 rings (SSSR count). The van der Waals surface area contributed by atoms with E-state index in [-0.39, 0.29) is 6.04 Å². The van der Waals surface area contributed by atoms with Crippen LogP contribution >= 0.6 is 35.0 Å². The molecular weight excluding hydrogens is 509 g/mol. The molecule has 1 saturated carbocycles. The molecule has 0 bridgehead atoms. The number of hydrazone groups is 1. The first-order chi connectivity index (χ1) is 16.9. The third-order valence-corrected chi connectivity index (χ3v) is 7.93. The van der Waals surface area contributed by atoms with Crippen LogP contribution in [0.25, 0.3) is 0 Å². The molecule has 2 aromatic rings. The summed E-state index contributed by atoms with van der Waals surface area (Å²) in [6.45, 7) is 0. The summed E-state index contributed by atoms with van der Waals surface area (Å²) in [5.41, 5.74) is 2.76. The number of ether oxygens (including phenoxy) is 4. The molecular formula is C25H29Cl2N3O4S. The van der Waals surface area contributed by atoms with Crippen LogP contribution < -0.4 is 24.3 Å². The lowest BCUT2D eigenvalue weighted by Gasteiger charge is -2.31. The van der Waals surface area contributed by atoms with E-state index < -0.39 is 0 Å². The summed E-state index contributed by atoms with van der Waals surface area (Å²) in [6, 6.07) is 7.28. The smallest absolute Gasteiger partial charge is 0.164 e. The molecule has 0 amide bonds. The molecule has 1 fully saturated rings. The van der Waals surface area contributed by atoms with E-state index in [1.54, 1.807) is 52.3 Å². The molecule has 0 aromatic heterocycles. The lowest BCUT2D eigenvalue weighted by atomic mass is 9.90. The fourth-order valence-electron chi connectivity index (χ4n) is 4.49. The number of hydrogen-bond donors (Lipinski definition) is 1. The molecule has 0 spiro atoms. The molecule has 0 radical (unpaired) electrons. The third kappa shape index (κ3) is 4.97. The lowest BCUT2D eigenvalue weighted by Crippen LogP contribution is -2.28. The van der Waals surface area contributed by atoms with Crippen LogP contribution in [0.1, 0.15) is 31.2 Å². The molecule has 7 nitrogen and oxygen atoms in total. The topological polar surface area (TPSA) is 64.5 Å². The third-order valence-electron chi connectivity index (χ3n) is 6.14. The predicted octanol–water partition coefficient (Wildman–Crippen LogP) is 6.63. The van der Waals surface area contributed by atoms with Gasteiger partial charge in [0.15, 0.2) is 11.5 Å². The number of nitrogens with one attached hydrogen (secondary N) is 1. The average Bonchev–Trinajstić information content (AvgIpc) is 3.25. The van der Waals surface area contributed by atoms with Crippen molar-refractivity contribution in [3.63, 3.8) is 0 Å². The number of thioether (sulfide) groups is 1. The summed E-state index contributed by atoms with van der Waals surface area (Å²) in [7, 11) is 8.43. The van der Waals surface area contributed by atoms with Crippen molar-refractivity contribution in [1.82, 2.24) is 5.01 Å². The van der Waals surface area contributed by atoms with Crippen molar-refractivity contribution < 1.29 is 18.9 Å². The van der Waals surface area contributed by atoms with E-state index in [0.717, 1.165) is 47.0 Å². The van der Waals surface area contributed by atoms with Gasteiger partial charge in [0.05, 0.1) is 55.1 Å². The molecule has 188 valence electrons. The molecule has 1 unspecified atom stereocenters. The Morgan fingerprint density at radius 1 is 0.914 bits per heavy atom. The summed E-state index contributed by atoms with van der Waals surface area (Å²) < 4.78 is 22.4. The lowest BCUT2D eigenvalue weighted by molar-refractivity contribution is 0.392. The number of hydrogen-bond acceptors (Lipinski definition) is 8. The van der Waals surface area contributed by atoms with Gasteiger partial charge in [-0.2, -0.15) is 5.10 Å². The second-order valence-corrected chi connectivity index (χ2v) is 9.91. The van der Waals surface area contributed by atoms with E-state index >= 15 is 0 Å². The number of anilines is 1. The highest BCUT2D eigenvalue weighted by Crippen LogP contribution is 2.47. The van der Waals surface area contributed by atoms with Crippen LogP contribution in [-0.2, 0) is 0 Å². The monoisotopic (exact) mass is 537 g/mol. The van der Waals surface area contributed by atoms with Crippen molar-refractivity contribution >= 4 is 45.7 Å². The van der Waals surface area contributed by atoms with E-state index in [0.29, 0.717) is 33.0 Å². The molecule has 35 heavy (non-hydrogen) atoms. The minimum atomic E-state index is 0.0627. The SMILES string of the molecule is COc1ccc(Cl)c(OC)c1NC1CCCC/C1=C1\SC(c2c(OC)ccc(Cl)c2OC)=NN1C. The Bertz CT molecular complexity index is 1170. The van der Waals surface area contributed by atoms with Crippen LogP contribution in [0.3, 0.4) is 0 Å². The maximum Gasteiger partial charge on any atom is 0.164 e. The Morgan fingerprint density at radius 3 is 2.23 bits per heavy atom. The second-order valence-electron chi connectivity index (χ2n) is 8.12. The number of halogens is 2. The number of methoxy groups -OCH3 is 4. The molecule has 1 aliphatic carbocycles. The van der Waals surface area contributed by atoms with Gasteiger partial charge in [0.25, 0.3) is 0 Å². The van der Waals surface area contributed by atoms with Crippen LogP contribution in [0.2, 0.25) is 10.0 Å². The minimum Gasteiger partial charge on any atom is -0.496 e. The zero-order chi connectivity index (χ0) is 25.1. The molecule has 1 aliphatic heterocycles. The van der Waals surface area contributed by atoms with Gasteiger partial charge in [0.1, 0.15) is 22.2 Å². The maximum absolute atomic E-state index is 6.43. The predicted molar refractivity (Wildman–Crippen MR) is 144 cm³/mol. The summed E-state index contributed by atoms with van der Waals surface area (Å²) in [5.74, 6) is 2.45.